The molecule has 7 heteroatoms. The summed E-state index contributed by atoms with van der Waals surface area (Å²) in [5.41, 5.74) is 2.12. The average molecular weight is 357 g/mol. The van der Waals surface area contributed by atoms with Crippen molar-refractivity contribution in [2.24, 2.45) is 0 Å². The van der Waals surface area contributed by atoms with Gasteiger partial charge in [-0.05, 0) is 55.3 Å². The number of carbonyl (C=O) groups excluding carboxylic acids is 2. The van der Waals surface area contributed by atoms with E-state index in [9.17, 15) is 14.0 Å². The first-order valence-corrected chi connectivity index (χ1v) is 8.27. The Morgan fingerprint density at radius 1 is 1.23 bits per heavy atom. The fraction of sp³-hybridized carbons (Fsp3) is 0.263. The van der Waals surface area contributed by atoms with Crippen LogP contribution in [0.2, 0.25) is 0 Å². The Morgan fingerprint density at radius 2 is 1.96 bits per heavy atom. The second kappa shape index (κ2) is 7.43. The Bertz CT molecular complexity index is 823. The van der Waals surface area contributed by atoms with Crippen molar-refractivity contribution in [3.8, 4) is 5.75 Å². The predicted molar refractivity (Wildman–Crippen MR) is 97.0 cm³/mol. The van der Waals surface area contributed by atoms with Crippen LogP contribution in [-0.2, 0) is 4.79 Å². The maximum Gasteiger partial charge on any atom is 0.319 e. The maximum atomic E-state index is 13.0. The minimum Gasteiger partial charge on any atom is -0.495 e. The third kappa shape index (κ3) is 3.77. The molecule has 26 heavy (non-hydrogen) atoms. The standard InChI is InChI=1S/C19H20FN3O3/c1-12-3-8-17(26-2)16(11-12)22-19(25)21-15-9-10-23(18(15)24)14-6-4-13(20)5-7-14/h3-8,11,15H,9-10H2,1-2H3,(H2,21,22,25)/t15-/m0/s1. The van der Waals surface area contributed by atoms with E-state index < -0.39 is 12.1 Å². The largest absolute Gasteiger partial charge is 0.495 e. The smallest absolute Gasteiger partial charge is 0.319 e. The maximum absolute atomic E-state index is 13.0. The van der Waals surface area contributed by atoms with Crippen LogP contribution in [0.5, 0.6) is 5.75 Å². The van der Waals surface area contributed by atoms with Crippen LogP contribution in [-0.4, -0.2) is 31.6 Å². The number of nitrogens with one attached hydrogen (secondary N) is 2. The van der Waals surface area contributed by atoms with Crippen molar-refractivity contribution in [1.82, 2.24) is 5.32 Å². The van der Waals surface area contributed by atoms with Gasteiger partial charge in [-0.1, -0.05) is 6.07 Å². The normalized spacial score (nSPS) is 16.5. The Balaban J connectivity index is 1.64. The van der Waals surface area contributed by atoms with Gasteiger partial charge in [0.25, 0.3) is 0 Å². The number of ether oxygens (including phenoxy) is 1. The second-order valence-electron chi connectivity index (χ2n) is 6.11. The van der Waals surface area contributed by atoms with E-state index in [1.54, 1.807) is 24.3 Å². The molecule has 0 saturated carbocycles. The molecule has 2 aromatic carbocycles. The predicted octanol–water partition coefficient (Wildman–Crippen LogP) is 3.07. The summed E-state index contributed by atoms with van der Waals surface area (Å²) in [5, 5.41) is 5.40. The monoisotopic (exact) mass is 357 g/mol. The SMILES string of the molecule is COc1ccc(C)cc1NC(=O)N[C@H]1CCN(c2ccc(F)cc2)C1=O. The fourth-order valence-corrected chi connectivity index (χ4v) is 2.93. The molecule has 0 spiro atoms. The molecule has 0 bridgehead atoms. The van der Waals surface area contributed by atoms with E-state index in [0.29, 0.717) is 30.1 Å². The van der Waals surface area contributed by atoms with E-state index in [-0.39, 0.29) is 11.7 Å². The Labute approximate surface area is 150 Å². The van der Waals surface area contributed by atoms with Crippen LogP contribution in [0.4, 0.5) is 20.6 Å². The van der Waals surface area contributed by atoms with Crippen LogP contribution in [0.1, 0.15) is 12.0 Å². The van der Waals surface area contributed by atoms with Gasteiger partial charge in [0.2, 0.25) is 5.91 Å². The summed E-state index contributed by atoms with van der Waals surface area (Å²) in [6, 6.07) is 10.0. The first kappa shape index (κ1) is 17.7. The molecule has 1 fully saturated rings. The topological polar surface area (TPSA) is 70.7 Å². The molecule has 6 nitrogen and oxygen atoms in total. The van der Waals surface area contributed by atoms with Crippen molar-refractivity contribution >= 4 is 23.3 Å². The first-order valence-electron chi connectivity index (χ1n) is 8.27. The number of amides is 3. The summed E-state index contributed by atoms with van der Waals surface area (Å²) in [4.78, 5) is 26.3. The van der Waals surface area contributed by atoms with Gasteiger partial charge in [0.05, 0.1) is 12.8 Å². The van der Waals surface area contributed by atoms with Crippen LogP contribution >= 0.6 is 0 Å². The molecule has 1 heterocycles. The van der Waals surface area contributed by atoms with Gasteiger partial charge in [-0.25, -0.2) is 9.18 Å². The quantitative estimate of drug-likeness (QED) is 0.883. The highest BCUT2D eigenvalue weighted by Crippen LogP contribution is 2.25. The molecule has 1 saturated heterocycles. The molecule has 1 atom stereocenters. The van der Waals surface area contributed by atoms with Crippen LogP contribution in [0, 0.1) is 12.7 Å². The molecule has 0 radical (unpaired) electrons. The number of methoxy groups -OCH3 is 1. The van der Waals surface area contributed by atoms with E-state index in [0.717, 1.165) is 5.56 Å². The molecule has 3 amide bonds. The molecule has 1 aliphatic rings. The van der Waals surface area contributed by atoms with Crippen molar-refractivity contribution in [2.75, 3.05) is 23.9 Å². The third-order valence-corrected chi connectivity index (χ3v) is 4.25. The lowest BCUT2D eigenvalue weighted by Gasteiger charge is -2.18. The highest BCUT2D eigenvalue weighted by atomic mass is 19.1. The number of rotatable bonds is 4. The summed E-state index contributed by atoms with van der Waals surface area (Å²) < 4.78 is 18.3. The number of nitrogens with zero attached hydrogens (tertiary/aromatic N) is 1. The zero-order chi connectivity index (χ0) is 18.7. The van der Waals surface area contributed by atoms with Crippen molar-refractivity contribution < 1.29 is 18.7 Å². The van der Waals surface area contributed by atoms with E-state index in [1.165, 1.54) is 24.1 Å². The summed E-state index contributed by atoms with van der Waals surface area (Å²) >= 11 is 0. The number of carbonyl (C=O) groups is 2. The summed E-state index contributed by atoms with van der Waals surface area (Å²) in [6.45, 7) is 2.37. The van der Waals surface area contributed by atoms with Crippen LogP contribution in [0.25, 0.3) is 0 Å². The lowest BCUT2D eigenvalue weighted by molar-refractivity contribution is -0.118. The molecule has 2 N–H and O–H groups in total. The molecular formula is C19H20FN3O3. The van der Waals surface area contributed by atoms with Gasteiger partial charge < -0.3 is 20.3 Å². The minimum absolute atomic E-state index is 0.219. The van der Waals surface area contributed by atoms with E-state index in [4.69, 9.17) is 4.74 Å². The third-order valence-electron chi connectivity index (χ3n) is 4.25. The summed E-state index contributed by atoms with van der Waals surface area (Å²) in [5.74, 6) is -0.0408. The number of anilines is 2. The van der Waals surface area contributed by atoms with E-state index in [2.05, 4.69) is 10.6 Å². The van der Waals surface area contributed by atoms with Crippen molar-refractivity contribution in [3.05, 3.63) is 53.8 Å². The van der Waals surface area contributed by atoms with E-state index in [1.807, 2.05) is 13.0 Å². The Kier molecular flexibility index (Phi) is 5.06. The molecule has 1 aliphatic heterocycles. The highest BCUT2D eigenvalue weighted by Gasteiger charge is 2.33. The number of benzene rings is 2. The van der Waals surface area contributed by atoms with Crippen molar-refractivity contribution in [3.63, 3.8) is 0 Å². The van der Waals surface area contributed by atoms with Crippen molar-refractivity contribution in [2.45, 2.75) is 19.4 Å². The second-order valence-corrected chi connectivity index (χ2v) is 6.11. The first-order chi connectivity index (χ1) is 12.5. The molecule has 0 aliphatic carbocycles. The highest BCUT2D eigenvalue weighted by molar-refractivity contribution is 6.02. The van der Waals surface area contributed by atoms with Crippen LogP contribution in [0.3, 0.4) is 0 Å². The fourth-order valence-electron chi connectivity index (χ4n) is 2.93. The van der Waals surface area contributed by atoms with E-state index >= 15 is 0 Å². The molecule has 2 aromatic rings. The molecular weight excluding hydrogens is 337 g/mol. The van der Waals surface area contributed by atoms with Crippen LogP contribution < -0.4 is 20.3 Å². The zero-order valence-corrected chi connectivity index (χ0v) is 14.6. The van der Waals surface area contributed by atoms with Gasteiger partial charge in [-0.3, -0.25) is 4.79 Å². The van der Waals surface area contributed by atoms with Gasteiger partial charge in [0.1, 0.15) is 17.6 Å². The number of halogens is 1. The molecule has 3 rings (SSSR count). The lowest BCUT2D eigenvalue weighted by atomic mass is 10.2. The van der Waals surface area contributed by atoms with Gasteiger partial charge in [-0.15, -0.1) is 0 Å². The summed E-state index contributed by atoms with van der Waals surface area (Å²) in [7, 11) is 1.52. The zero-order valence-electron chi connectivity index (χ0n) is 14.6. The molecule has 0 aromatic heterocycles. The number of hydrogen-bond donors (Lipinski definition) is 2. The molecule has 0 unspecified atom stereocenters. The summed E-state index contributed by atoms with van der Waals surface area (Å²) in [6.07, 6.45) is 0.481. The van der Waals surface area contributed by atoms with Gasteiger partial charge >= 0.3 is 6.03 Å². The molecule has 136 valence electrons. The van der Waals surface area contributed by atoms with Crippen molar-refractivity contribution in [1.29, 1.82) is 0 Å². The number of aryl methyl sites for hydroxylation is 1. The van der Waals surface area contributed by atoms with Gasteiger partial charge in [0.15, 0.2) is 0 Å². The number of hydrogen-bond acceptors (Lipinski definition) is 3. The average Bonchev–Trinajstić information content (AvgIpc) is 2.96. The Morgan fingerprint density at radius 3 is 2.65 bits per heavy atom. The Hall–Kier alpha value is -3.09. The van der Waals surface area contributed by atoms with Gasteiger partial charge in [0, 0.05) is 12.2 Å². The van der Waals surface area contributed by atoms with Crippen LogP contribution in [0.15, 0.2) is 42.5 Å². The van der Waals surface area contributed by atoms with Gasteiger partial charge in [-0.2, -0.15) is 0 Å². The number of urea groups is 1. The minimum atomic E-state index is -0.629. The lowest BCUT2D eigenvalue weighted by Crippen LogP contribution is -2.43.